The van der Waals surface area contributed by atoms with Gasteiger partial charge < -0.3 is 5.11 Å². The van der Waals surface area contributed by atoms with Crippen LogP contribution in [0.4, 0.5) is 4.39 Å². The van der Waals surface area contributed by atoms with Gasteiger partial charge in [-0.15, -0.1) is 0 Å². The highest BCUT2D eigenvalue weighted by Gasteiger charge is 2.10. The van der Waals surface area contributed by atoms with Gasteiger partial charge in [0.1, 0.15) is 5.03 Å². The van der Waals surface area contributed by atoms with Crippen molar-refractivity contribution < 1.29 is 14.3 Å². The van der Waals surface area contributed by atoms with Gasteiger partial charge in [-0.2, -0.15) is 0 Å². The molecule has 0 bridgehead atoms. The zero-order chi connectivity index (χ0) is 13.1. The van der Waals surface area contributed by atoms with Gasteiger partial charge >= 0.3 is 5.97 Å². The topological polar surface area (TPSA) is 50.2 Å². The molecule has 0 amide bonds. The number of benzene rings is 1. The largest absolute Gasteiger partial charge is 0.478 e. The second-order valence-corrected chi connectivity index (χ2v) is 4.74. The van der Waals surface area contributed by atoms with E-state index < -0.39 is 11.8 Å². The van der Waals surface area contributed by atoms with Gasteiger partial charge in [-0.05, 0) is 36.8 Å². The van der Waals surface area contributed by atoms with Crippen molar-refractivity contribution in [2.45, 2.75) is 16.8 Å². The Morgan fingerprint density at radius 1 is 1.39 bits per heavy atom. The molecule has 5 heteroatoms. The van der Waals surface area contributed by atoms with Crippen LogP contribution in [0, 0.1) is 12.7 Å². The number of pyridine rings is 1. The fourth-order valence-corrected chi connectivity index (χ4v) is 2.27. The van der Waals surface area contributed by atoms with Gasteiger partial charge in [-0.3, -0.25) is 0 Å². The van der Waals surface area contributed by atoms with E-state index >= 15 is 0 Å². The van der Waals surface area contributed by atoms with Gasteiger partial charge in [0.05, 0.1) is 5.56 Å². The Balaban J connectivity index is 2.33. The summed E-state index contributed by atoms with van der Waals surface area (Å²) in [6.07, 6.45) is 1.50. The summed E-state index contributed by atoms with van der Waals surface area (Å²) in [5.74, 6) is -1.41. The molecule has 0 fully saturated rings. The minimum atomic E-state index is -0.989. The molecule has 0 unspecified atom stereocenters. The first-order chi connectivity index (χ1) is 8.58. The van der Waals surface area contributed by atoms with Crippen LogP contribution in [0.25, 0.3) is 0 Å². The lowest BCUT2D eigenvalue weighted by atomic mass is 10.1. The highest BCUT2D eigenvalue weighted by Crippen LogP contribution is 2.29. The number of carbonyl (C=O) groups is 1. The van der Waals surface area contributed by atoms with E-state index in [2.05, 4.69) is 4.98 Å². The molecule has 0 saturated heterocycles. The lowest BCUT2D eigenvalue weighted by Crippen LogP contribution is -1.99. The number of carboxylic acid groups (broad SMARTS) is 1. The molecule has 1 N–H and O–H groups in total. The maximum atomic E-state index is 13.4. The van der Waals surface area contributed by atoms with Crippen LogP contribution >= 0.6 is 11.8 Å². The van der Waals surface area contributed by atoms with Crippen LogP contribution < -0.4 is 0 Å². The van der Waals surface area contributed by atoms with Crippen molar-refractivity contribution in [1.29, 1.82) is 0 Å². The second kappa shape index (κ2) is 5.18. The summed E-state index contributed by atoms with van der Waals surface area (Å²) in [4.78, 5) is 15.6. The zero-order valence-electron chi connectivity index (χ0n) is 9.55. The minimum absolute atomic E-state index is 0.219. The molecule has 92 valence electrons. The molecule has 0 saturated carbocycles. The summed E-state index contributed by atoms with van der Waals surface area (Å²) < 4.78 is 13.4. The number of aromatic nitrogens is 1. The lowest BCUT2D eigenvalue weighted by Gasteiger charge is -2.05. The normalized spacial score (nSPS) is 10.3. The molecule has 0 aliphatic carbocycles. The van der Waals surface area contributed by atoms with E-state index in [0.29, 0.717) is 10.5 Å². The second-order valence-electron chi connectivity index (χ2n) is 3.67. The molecule has 0 spiro atoms. The standard InChI is InChI=1S/C13H10FNO2S/c1-8-4-5-9(7-10(8)13(16)17)18-12-11(14)3-2-6-15-12/h2-7H,1H3,(H,16,17). The number of nitrogens with zero attached hydrogens (tertiary/aromatic N) is 1. The summed E-state index contributed by atoms with van der Waals surface area (Å²) in [6.45, 7) is 1.72. The molecule has 2 rings (SSSR count). The van der Waals surface area contributed by atoms with Gasteiger partial charge in [-0.1, -0.05) is 17.8 Å². The molecular weight excluding hydrogens is 253 g/mol. The predicted octanol–water partition coefficient (Wildman–Crippen LogP) is 3.38. The Morgan fingerprint density at radius 2 is 2.17 bits per heavy atom. The molecule has 2 aromatic rings. The van der Waals surface area contributed by atoms with Crippen molar-refractivity contribution >= 4 is 17.7 Å². The number of rotatable bonds is 3. The number of halogens is 1. The molecule has 3 nitrogen and oxygen atoms in total. The fraction of sp³-hybridized carbons (Fsp3) is 0.0769. The Kier molecular flexibility index (Phi) is 3.62. The van der Waals surface area contributed by atoms with Crippen LogP contribution in [0.5, 0.6) is 0 Å². The number of aryl methyl sites for hydroxylation is 1. The van der Waals surface area contributed by atoms with Crippen molar-refractivity contribution in [3.8, 4) is 0 Å². The minimum Gasteiger partial charge on any atom is -0.478 e. The summed E-state index contributed by atoms with van der Waals surface area (Å²) in [5.41, 5.74) is 0.893. The van der Waals surface area contributed by atoms with E-state index in [1.165, 1.54) is 24.4 Å². The smallest absolute Gasteiger partial charge is 0.335 e. The van der Waals surface area contributed by atoms with E-state index in [1.54, 1.807) is 19.1 Å². The third-order valence-electron chi connectivity index (χ3n) is 2.38. The van der Waals surface area contributed by atoms with Crippen LogP contribution in [0.1, 0.15) is 15.9 Å². The van der Waals surface area contributed by atoms with E-state index in [9.17, 15) is 9.18 Å². The monoisotopic (exact) mass is 263 g/mol. The SMILES string of the molecule is Cc1ccc(Sc2ncccc2F)cc1C(=O)O. The average Bonchev–Trinajstić information content (AvgIpc) is 2.34. The zero-order valence-corrected chi connectivity index (χ0v) is 10.4. The fourth-order valence-electron chi connectivity index (χ4n) is 1.45. The Labute approximate surface area is 108 Å². The van der Waals surface area contributed by atoms with Gasteiger partial charge in [0, 0.05) is 11.1 Å². The first-order valence-corrected chi connectivity index (χ1v) is 6.02. The van der Waals surface area contributed by atoms with Crippen LogP contribution in [-0.4, -0.2) is 16.1 Å². The molecule has 0 atom stereocenters. The number of aromatic carboxylic acids is 1. The summed E-state index contributed by atoms with van der Waals surface area (Å²) in [6, 6.07) is 7.81. The quantitative estimate of drug-likeness (QED) is 0.922. The molecule has 0 radical (unpaired) electrons. The molecule has 1 aromatic heterocycles. The summed E-state index contributed by atoms with van der Waals surface area (Å²) in [5, 5.41) is 9.25. The van der Waals surface area contributed by atoms with Crippen molar-refractivity contribution in [3.05, 3.63) is 53.5 Å². The third-order valence-corrected chi connectivity index (χ3v) is 3.36. The molecule has 0 aliphatic heterocycles. The summed E-state index contributed by atoms with van der Waals surface area (Å²) in [7, 11) is 0. The van der Waals surface area contributed by atoms with Gasteiger partial charge in [0.25, 0.3) is 0 Å². The van der Waals surface area contributed by atoms with Crippen molar-refractivity contribution in [2.75, 3.05) is 0 Å². The van der Waals surface area contributed by atoms with Gasteiger partial charge in [0.15, 0.2) is 5.82 Å². The average molecular weight is 263 g/mol. The molecule has 1 aromatic carbocycles. The Hall–Kier alpha value is -1.88. The van der Waals surface area contributed by atoms with Crippen LogP contribution in [0.15, 0.2) is 46.5 Å². The van der Waals surface area contributed by atoms with Crippen molar-refractivity contribution in [1.82, 2.24) is 4.98 Å². The maximum Gasteiger partial charge on any atom is 0.335 e. The highest BCUT2D eigenvalue weighted by molar-refractivity contribution is 7.99. The van der Waals surface area contributed by atoms with Crippen molar-refractivity contribution in [2.24, 2.45) is 0 Å². The number of hydrogen-bond donors (Lipinski definition) is 1. The first-order valence-electron chi connectivity index (χ1n) is 5.20. The van der Waals surface area contributed by atoms with E-state index in [-0.39, 0.29) is 10.6 Å². The lowest BCUT2D eigenvalue weighted by molar-refractivity contribution is 0.0696. The molecule has 0 aliphatic rings. The number of carboxylic acids is 1. The van der Waals surface area contributed by atoms with Gasteiger partial charge in [0.2, 0.25) is 0 Å². The highest BCUT2D eigenvalue weighted by atomic mass is 32.2. The van der Waals surface area contributed by atoms with Crippen LogP contribution in [0.3, 0.4) is 0 Å². The van der Waals surface area contributed by atoms with E-state index in [4.69, 9.17) is 5.11 Å². The molecule has 18 heavy (non-hydrogen) atoms. The van der Waals surface area contributed by atoms with E-state index in [0.717, 1.165) is 11.8 Å². The molecular formula is C13H10FNO2S. The Morgan fingerprint density at radius 3 is 2.83 bits per heavy atom. The van der Waals surface area contributed by atoms with Crippen molar-refractivity contribution in [3.63, 3.8) is 0 Å². The van der Waals surface area contributed by atoms with E-state index in [1.807, 2.05) is 0 Å². The molecule has 1 heterocycles. The predicted molar refractivity (Wildman–Crippen MR) is 66.5 cm³/mol. The Bertz CT molecular complexity index is 601. The number of hydrogen-bond acceptors (Lipinski definition) is 3. The third kappa shape index (κ3) is 2.68. The maximum absolute atomic E-state index is 13.4. The van der Waals surface area contributed by atoms with Crippen LogP contribution in [-0.2, 0) is 0 Å². The summed E-state index contributed by atoms with van der Waals surface area (Å²) >= 11 is 1.11. The first kappa shape index (κ1) is 12.6. The van der Waals surface area contributed by atoms with Crippen LogP contribution in [0.2, 0.25) is 0 Å². The van der Waals surface area contributed by atoms with Gasteiger partial charge in [-0.25, -0.2) is 14.2 Å².